The van der Waals surface area contributed by atoms with Crippen LogP contribution in [0.25, 0.3) is 10.8 Å². The molecule has 5 heteroatoms. The Balaban J connectivity index is 1.64. The van der Waals surface area contributed by atoms with Gasteiger partial charge in [0.25, 0.3) is 0 Å². The minimum atomic E-state index is -0.616. The lowest BCUT2D eigenvalue weighted by Crippen LogP contribution is -2.51. The fraction of sp³-hybridized carbons (Fsp3) is 0.273. The van der Waals surface area contributed by atoms with Crippen LogP contribution in [-0.4, -0.2) is 29.3 Å². The monoisotopic (exact) mass is 570 g/mol. The molecular weight excluding hydrogens is 536 g/mol. The van der Waals surface area contributed by atoms with E-state index in [9.17, 15) is 9.59 Å². The van der Waals surface area contributed by atoms with Crippen LogP contribution in [0.3, 0.4) is 0 Å². The lowest BCUT2D eigenvalue weighted by molar-refractivity contribution is -0.141. The largest absolute Gasteiger partial charge is 0.354 e. The molecule has 0 fully saturated rings. The van der Waals surface area contributed by atoms with Crippen molar-refractivity contribution in [1.29, 1.82) is 0 Å². The van der Waals surface area contributed by atoms with E-state index in [4.69, 9.17) is 0 Å². The smallest absolute Gasteiger partial charge is 0.243 e. The Morgan fingerprint density at radius 2 is 1.53 bits per heavy atom. The summed E-state index contributed by atoms with van der Waals surface area (Å²) in [4.78, 5) is 29.3. The van der Waals surface area contributed by atoms with E-state index in [1.165, 1.54) is 5.39 Å². The fourth-order valence-electron chi connectivity index (χ4n) is 4.70. The molecule has 4 aromatic rings. The van der Waals surface area contributed by atoms with E-state index < -0.39 is 6.04 Å². The average Bonchev–Trinajstić information content (AvgIpc) is 2.93. The van der Waals surface area contributed by atoms with Crippen LogP contribution in [0, 0.1) is 5.92 Å². The van der Waals surface area contributed by atoms with E-state index in [2.05, 4.69) is 59.4 Å². The van der Waals surface area contributed by atoms with Crippen LogP contribution in [0.4, 0.5) is 0 Å². The van der Waals surface area contributed by atoms with Crippen LogP contribution >= 0.6 is 15.9 Å². The van der Waals surface area contributed by atoms with Crippen molar-refractivity contribution in [1.82, 2.24) is 10.2 Å². The number of benzene rings is 4. The molecule has 1 unspecified atom stereocenters. The topological polar surface area (TPSA) is 49.4 Å². The Morgan fingerprint density at radius 3 is 2.29 bits per heavy atom. The zero-order valence-electron chi connectivity index (χ0n) is 22.1. The first-order chi connectivity index (χ1) is 18.4. The van der Waals surface area contributed by atoms with Gasteiger partial charge in [0, 0.05) is 30.4 Å². The highest BCUT2D eigenvalue weighted by Crippen LogP contribution is 2.22. The predicted molar refractivity (Wildman–Crippen MR) is 159 cm³/mol. The van der Waals surface area contributed by atoms with Gasteiger partial charge in [-0.25, -0.2) is 0 Å². The Hall–Kier alpha value is -3.44. The number of aryl methyl sites for hydroxylation is 1. The number of nitrogens with zero attached hydrogens (tertiary/aromatic N) is 1. The molecule has 4 nitrogen and oxygen atoms in total. The van der Waals surface area contributed by atoms with Crippen molar-refractivity contribution in [2.75, 3.05) is 6.54 Å². The number of nitrogens with one attached hydrogen (secondary N) is 1. The van der Waals surface area contributed by atoms with Crippen molar-refractivity contribution in [3.63, 3.8) is 0 Å². The molecule has 1 N–H and O–H groups in total. The first-order valence-electron chi connectivity index (χ1n) is 13.2. The van der Waals surface area contributed by atoms with Gasteiger partial charge >= 0.3 is 0 Å². The van der Waals surface area contributed by atoms with Gasteiger partial charge in [-0.3, -0.25) is 9.59 Å². The van der Waals surface area contributed by atoms with Crippen LogP contribution in [0.5, 0.6) is 0 Å². The van der Waals surface area contributed by atoms with Crippen LogP contribution in [0.1, 0.15) is 37.0 Å². The second kappa shape index (κ2) is 13.4. The lowest BCUT2D eigenvalue weighted by Gasteiger charge is -2.32. The molecule has 0 heterocycles. The summed E-state index contributed by atoms with van der Waals surface area (Å²) < 4.78 is 0.946. The van der Waals surface area contributed by atoms with Gasteiger partial charge in [-0.15, -0.1) is 0 Å². The molecule has 196 valence electrons. The van der Waals surface area contributed by atoms with E-state index in [1.807, 2.05) is 72.8 Å². The third-order valence-electron chi connectivity index (χ3n) is 6.69. The van der Waals surface area contributed by atoms with Gasteiger partial charge in [-0.05, 0) is 51.9 Å². The molecule has 1 atom stereocenters. The number of fused-ring (bicyclic) bond motifs is 1. The van der Waals surface area contributed by atoms with E-state index >= 15 is 0 Å². The number of rotatable bonds is 11. The number of carbonyl (C=O) groups is 2. The number of carbonyl (C=O) groups excluding carboxylic acids is 2. The van der Waals surface area contributed by atoms with Gasteiger partial charge in [0.1, 0.15) is 6.04 Å². The van der Waals surface area contributed by atoms with Crippen molar-refractivity contribution in [3.8, 4) is 0 Å². The molecule has 0 radical (unpaired) electrons. The predicted octanol–water partition coefficient (Wildman–Crippen LogP) is 6.95. The van der Waals surface area contributed by atoms with E-state index in [-0.39, 0.29) is 11.8 Å². The molecule has 0 aliphatic heterocycles. The maximum atomic E-state index is 14.0. The third-order valence-corrected chi connectivity index (χ3v) is 7.18. The number of hydrogen-bond acceptors (Lipinski definition) is 2. The average molecular weight is 572 g/mol. The summed E-state index contributed by atoms with van der Waals surface area (Å²) in [5.74, 6) is 0.173. The Kier molecular flexibility index (Phi) is 9.72. The highest BCUT2D eigenvalue weighted by molar-refractivity contribution is 9.10. The Bertz CT molecular complexity index is 1360. The molecular formula is C33H35BrN2O2. The minimum absolute atomic E-state index is 0.0291. The molecule has 0 saturated carbocycles. The van der Waals surface area contributed by atoms with Crippen LogP contribution in [0.2, 0.25) is 0 Å². The van der Waals surface area contributed by atoms with Gasteiger partial charge < -0.3 is 10.2 Å². The first-order valence-corrected chi connectivity index (χ1v) is 14.0. The molecule has 0 aliphatic carbocycles. The fourth-order valence-corrected chi connectivity index (χ4v) is 5.15. The van der Waals surface area contributed by atoms with Gasteiger partial charge in [0.05, 0.1) is 0 Å². The standard InChI is InChI=1S/C33H35BrN2O2/c1-24(2)22-35-33(38)31(21-25-10-4-3-5-11-25)36(23-26-12-8-16-29(34)20-26)32(37)19-18-28-15-9-14-27-13-6-7-17-30(27)28/h3-17,20,24,31H,18-19,21-23H2,1-2H3,(H,35,38). The van der Waals surface area contributed by atoms with Crippen molar-refractivity contribution in [3.05, 3.63) is 118 Å². The molecule has 0 spiro atoms. The number of amides is 2. The molecule has 0 saturated heterocycles. The van der Waals surface area contributed by atoms with Gasteiger partial charge in [-0.1, -0.05) is 115 Å². The van der Waals surface area contributed by atoms with E-state index in [0.717, 1.165) is 26.5 Å². The van der Waals surface area contributed by atoms with E-state index in [1.54, 1.807) is 4.90 Å². The van der Waals surface area contributed by atoms with Crippen molar-refractivity contribution in [2.45, 2.75) is 45.7 Å². The summed E-state index contributed by atoms with van der Waals surface area (Å²) in [5, 5.41) is 5.42. The summed E-state index contributed by atoms with van der Waals surface area (Å²) in [6.07, 6.45) is 1.39. The first kappa shape index (κ1) is 27.6. The number of halogens is 1. The van der Waals surface area contributed by atoms with Crippen molar-refractivity contribution >= 4 is 38.5 Å². The van der Waals surface area contributed by atoms with Crippen molar-refractivity contribution < 1.29 is 9.59 Å². The molecule has 38 heavy (non-hydrogen) atoms. The summed E-state index contributed by atoms with van der Waals surface area (Å²) in [7, 11) is 0. The van der Waals surface area contributed by atoms with Crippen LogP contribution in [0.15, 0.2) is 102 Å². The summed E-state index contributed by atoms with van der Waals surface area (Å²) >= 11 is 3.55. The van der Waals surface area contributed by atoms with Crippen molar-refractivity contribution in [2.24, 2.45) is 5.92 Å². The van der Waals surface area contributed by atoms with E-state index in [0.29, 0.717) is 38.3 Å². The minimum Gasteiger partial charge on any atom is -0.354 e. The second-order valence-corrected chi connectivity index (χ2v) is 11.1. The lowest BCUT2D eigenvalue weighted by atomic mass is 9.99. The summed E-state index contributed by atoms with van der Waals surface area (Å²) in [6, 6.07) is 31.7. The Morgan fingerprint density at radius 1 is 0.842 bits per heavy atom. The molecule has 0 aliphatic rings. The highest BCUT2D eigenvalue weighted by Gasteiger charge is 2.30. The highest BCUT2D eigenvalue weighted by atomic mass is 79.9. The maximum absolute atomic E-state index is 14.0. The zero-order valence-corrected chi connectivity index (χ0v) is 23.7. The van der Waals surface area contributed by atoms with Gasteiger partial charge in [0.2, 0.25) is 11.8 Å². The van der Waals surface area contributed by atoms with Gasteiger partial charge in [0.15, 0.2) is 0 Å². The van der Waals surface area contributed by atoms with Crippen LogP contribution in [-0.2, 0) is 29.0 Å². The molecule has 4 rings (SSSR count). The molecule has 2 amide bonds. The summed E-state index contributed by atoms with van der Waals surface area (Å²) in [5.41, 5.74) is 3.15. The third kappa shape index (κ3) is 7.55. The maximum Gasteiger partial charge on any atom is 0.243 e. The Labute approximate surface area is 234 Å². The molecule has 4 aromatic carbocycles. The zero-order chi connectivity index (χ0) is 26.9. The summed E-state index contributed by atoms with van der Waals surface area (Å²) in [6.45, 7) is 5.07. The number of hydrogen-bond donors (Lipinski definition) is 1. The SMILES string of the molecule is CC(C)CNC(=O)C(Cc1ccccc1)N(Cc1cccc(Br)c1)C(=O)CCc1cccc2ccccc12. The molecule has 0 aromatic heterocycles. The van der Waals surface area contributed by atoms with Gasteiger partial charge in [-0.2, -0.15) is 0 Å². The quantitative estimate of drug-likeness (QED) is 0.212. The second-order valence-electron chi connectivity index (χ2n) is 10.1. The molecule has 0 bridgehead atoms. The van der Waals surface area contributed by atoms with Crippen LogP contribution < -0.4 is 5.32 Å². The normalized spacial score (nSPS) is 11.9.